The lowest BCUT2D eigenvalue weighted by molar-refractivity contribution is -0.189. The molecule has 0 spiro atoms. The van der Waals surface area contributed by atoms with E-state index in [0.29, 0.717) is 12.8 Å². The zero-order valence-electron chi connectivity index (χ0n) is 9.18. The minimum atomic E-state index is -4.24. The maximum Gasteiger partial charge on any atom is 0.393 e. The average molecular weight is 238 g/mol. The Kier molecular flexibility index (Phi) is 4.18. The van der Waals surface area contributed by atoms with Crippen LogP contribution in [0.1, 0.15) is 32.6 Å². The first kappa shape index (κ1) is 13.3. The molecule has 0 aromatic carbocycles. The largest absolute Gasteiger partial charge is 0.393 e. The maximum atomic E-state index is 12.7. The van der Waals surface area contributed by atoms with Crippen LogP contribution >= 0.6 is 0 Å². The van der Waals surface area contributed by atoms with E-state index >= 15 is 0 Å². The van der Waals surface area contributed by atoms with Gasteiger partial charge in [0.1, 0.15) is 0 Å². The predicted octanol–water partition coefficient (Wildman–Crippen LogP) is 1.57. The van der Waals surface area contributed by atoms with Crippen molar-refractivity contribution >= 4 is 5.91 Å². The van der Waals surface area contributed by atoms with Crippen molar-refractivity contribution in [1.82, 2.24) is 5.32 Å². The van der Waals surface area contributed by atoms with Gasteiger partial charge in [-0.3, -0.25) is 4.79 Å². The van der Waals surface area contributed by atoms with E-state index in [0.717, 1.165) is 6.42 Å². The van der Waals surface area contributed by atoms with E-state index in [1.807, 2.05) is 0 Å². The molecule has 16 heavy (non-hydrogen) atoms. The summed E-state index contributed by atoms with van der Waals surface area (Å²) >= 11 is 0. The second-order valence-corrected chi connectivity index (χ2v) is 4.34. The van der Waals surface area contributed by atoms with E-state index in [-0.39, 0.29) is 6.42 Å². The molecule has 0 aromatic heterocycles. The topological polar surface area (TPSA) is 55.1 Å². The van der Waals surface area contributed by atoms with Crippen molar-refractivity contribution in [2.75, 3.05) is 0 Å². The van der Waals surface area contributed by atoms with Crippen molar-refractivity contribution in [2.45, 2.75) is 50.9 Å². The number of amides is 1. The van der Waals surface area contributed by atoms with Crippen LogP contribution in [0.25, 0.3) is 0 Å². The Morgan fingerprint density at radius 3 is 2.44 bits per heavy atom. The van der Waals surface area contributed by atoms with Crippen LogP contribution in [0.15, 0.2) is 0 Å². The van der Waals surface area contributed by atoms with E-state index in [9.17, 15) is 18.0 Å². The van der Waals surface area contributed by atoms with Gasteiger partial charge in [-0.15, -0.1) is 0 Å². The summed E-state index contributed by atoms with van der Waals surface area (Å²) in [6.45, 7) is 1.46. The quantitative estimate of drug-likeness (QED) is 0.767. The minimum Gasteiger partial charge on any atom is -0.351 e. The van der Waals surface area contributed by atoms with Gasteiger partial charge in [-0.05, 0) is 19.8 Å². The lowest BCUT2D eigenvalue weighted by Gasteiger charge is -2.33. The van der Waals surface area contributed by atoms with Gasteiger partial charge in [-0.2, -0.15) is 13.2 Å². The number of nitrogens with two attached hydrogens (primary N) is 1. The summed E-state index contributed by atoms with van der Waals surface area (Å²) in [6.07, 6.45) is -2.49. The number of alkyl halides is 3. The van der Waals surface area contributed by atoms with Crippen LogP contribution < -0.4 is 11.1 Å². The molecule has 0 radical (unpaired) electrons. The van der Waals surface area contributed by atoms with Crippen LogP contribution in [0.4, 0.5) is 13.2 Å². The van der Waals surface area contributed by atoms with Crippen molar-refractivity contribution < 1.29 is 18.0 Å². The smallest absolute Gasteiger partial charge is 0.351 e. The monoisotopic (exact) mass is 238 g/mol. The summed E-state index contributed by atoms with van der Waals surface area (Å²) in [5, 5.41) is 2.39. The molecule has 3 unspecified atom stereocenters. The van der Waals surface area contributed by atoms with Gasteiger partial charge in [0.2, 0.25) is 5.91 Å². The SMILES string of the molecule is CC(N)C(=O)NC1CCCCC1C(F)(F)F. The fourth-order valence-electron chi connectivity index (χ4n) is 2.01. The number of hydrogen-bond acceptors (Lipinski definition) is 2. The van der Waals surface area contributed by atoms with Gasteiger partial charge >= 0.3 is 6.18 Å². The summed E-state index contributed by atoms with van der Waals surface area (Å²) in [5.74, 6) is -1.94. The third-order valence-corrected chi connectivity index (χ3v) is 2.93. The third kappa shape index (κ3) is 3.37. The highest BCUT2D eigenvalue weighted by Crippen LogP contribution is 2.37. The Balaban J connectivity index is 2.64. The van der Waals surface area contributed by atoms with Gasteiger partial charge in [-0.1, -0.05) is 12.8 Å². The first-order valence-corrected chi connectivity index (χ1v) is 5.45. The molecule has 0 saturated heterocycles. The molecule has 1 amide bonds. The molecule has 3 N–H and O–H groups in total. The van der Waals surface area contributed by atoms with Crippen molar-refractivity contribution in [3.63, 3.8) is 0 Å². The molecule has 3 atom stereocenters. The minimum absolute atomic E-state index is 0.0907. The highest BCUT2D eigenvalue weighted by molar-refractivity contribution is 5.81. The molecular weight excluding hydrogens is 221 g/mol. The molecule has 6 heteroatoms. The molecule has 1 aliphatic rings. The van der Waals surface area contributed by atoms with Crippen LogP contribution in [0, 0.1) is 5.92 Å². The van der Waals surface area contributed by atoms with Gasteiger partial charge < -0.3 is 11.1 Å². The number of halogens is 3. The van der Waals surface area contributed by atoms with E-state index in [2.05, 4.69) is 5.32 Å². The van der Waals surface area contributed by atoms with Crippen molar-refractivity contribution in [2.24, 2.45) is 11.7 Å². The molecular formula is C10H17F3N2O. The molecule has 1 saturated carbocycles. The van der Waals surface area contributed by atoms with Gasteiger partial charge in [-0.25, -0.2) is 0 Å². The number of carbonyl (C=O) groups is 1. The van der Waals surface area contributed by atoms with Crippen molar-refractivity contribution in [3.8, 4) is 0 Å². The Hall–Kier alpha value is -0.780. The molecule has 1 rings (SSSR count). The predicted molar refractivity (Wildman–Crippen MR) is 53.6 cm³/mol. The second kappa shape index (κ2) is 5.03. The Morgan fingerprint density at radius 1 is 1.38 bits per heavy atom. The fraction of sp³-hybridized carbons (Fsp3) is 0.900. The lowest BCUT2D eigenvalue weighted by atomic mass is 9.84. The van der Waals surface area contributed by atoms with Crippen LogP contribution in [-0.2, 0) is 4.79 Å². The van der Waals surface area contributed by atoms with Gasteiger partial charge in [0.05, 0.1) is 12.0 Å². The van der Waals surface area contributed by atoms with Gasteiger partial charge in [0.25, 0.3) is 0 Å². The third-order valence-electron chi connectivity index (χ3n) is 2.93. The first-order valence-electron chi connectivity index (χ1n) is 5.45. The van der Waals surface area contributed by atoms with Crippen LogP contribution in [0.5, 0.6) is 0 Å². The zero-order valence-corrected chi connectivity index (χ0v) is 9.18. The summed E-state index contributed by atoms with van der Waals surface area (Å²) in [4.78, 5) is 11.3. The highest BCUT2D eigenvalue weighted by Gasteiger charge is 2.46. The molecule has 94 valence electrons. The Labute approximate surface area is 92.6 Å². The maximum absolute atomic E-state index is 12.7. The van der Waals surface area contributed by atoms with Crippen LogP contribution in [-0.4, -0.2) is 24.2 Å². The standard InChI is InChI=1S/C10H17F3N2O/c1-6(14)9(16)15-8-5-3-2-4-7(8)10(11,12)13/h6-8H,2-5,14H2,1H3,(H,15,16). The van der Waals surface area contributed by atoms with E-state index in [1.165, 1.54) is 6.92 Å². The van der Waals surface area contributed by atoms with Crippen molar-refractivity contribution in [3.05, 3.63) is 0 Å². The molecule has 0 bridgehead atoms. The molecule has 1 aliphatic carbocycles. The van der Waals surface area contributed by atoms with Crippen LogP contribution in [0.2, 0.25) is 0 Å². The average Bonchev–Trinajstić information content (AvgIpc) is 2.16. The molecule has 3 nitrogen and oxygen atoms in total. The zero-order chi connectivity index (χ0) is 12.3. The number of nitrogens with one attached hydrogen (secondary N) is 1. The second-order valence-electron chi connectivity index (χ2n) is 4.34. The van der Waals surface area contributed by atoms with E-state index < -0.39 is 30.1 Å². The first-order chi connectivity index (χ1) is 7.32. The molecule has 0 aromatic rings. The van der Waals surface area contributed by atoms with E-state index in [4.69, 9.17) is 5.73 Å². The van der Waals surface area contributed by atoms with Gasteiger partial charge in [0.15, 0.2) is 0 Å². The summed E-state index contributed by atoms with van der Waals surface area (Å²) in [7, 11) is 0. The lowest BCUT2D eigenvalue weighted by Crippen LogP contribution is -2.51. The Bertz CT molecular complexity index is 253. The summed E-state index contributed by atoms with van der Waals surface area (Å²) < 4.78 is 38.0. The van der Waals surface area contributed by atoms with Crippen molar-refractivity contribution in [1.29, 1.82) is 0 Å². The highest BCUT2D eigenvalue weighted by atomic mass is 19.4. The van der Waals surface area contributed by atoms with E-state index in [1.54, 1.807) is 0 Å². The summed E-state index contributed by atoms with van der Waals surface area (Å²) in [6, 6.07) is -1.58. The molecule has 0 heterocycles. The fourth-order valence-corrected chi connectivity index (χ4v) is 2.01. The van der Waals surface area contributed by atoms with Crippen LogP contribution in [0.3, 0.4) is 0 Å². The Morgan fingerprint density at radius 2 is 1.94 bits per heavy atom. The number of rotatable bonds is 2. The van der Waals surface area contributed by atoms with Gasteiger partial charge in [0, 0.05) is 6.04 Å². The molecule has 0 aliphatic heterocycles. The normalized spacial score (nSPS) is 28.6. The molecule has 1 fully saturated rings. The number of carbonyl (C=O) groups excluding carboxylic acids is 1. The summed E-state index contributed by atoms with van der Waals surface area (Å²) in [5.41, 5.74) is 5.31. The number of hydrogen-bond donors (Lipinski definition) is 2.